The Morgan fingerprint density at radius 3 is 2.82 bits per heavy atom. The van der Waals surface area contributed by atoms with E-state index in [0.29, 0.717) is 22.1 Å². The van der Waals surface area contributed by atoms with Crippen LogP contribution >= 0.6 is 23.8 Å². The molecule has 7 heteroatoms. The summed E-state index contributed by atoms with van der Waals surface area (Å²) in [5.74, 6) is 1.42. The second-order valence-corrected chi connectivity index (χ2v) is 5.92. The standard InChI is InChI=1S/C15H15ClN4OS/c16-12-6-4-10(5-7-12)8-18-20-15(22)19-14-17-9-13(21-14)11-2-1-3-11/h4-9,11H,1-3H2,(H2,17,19,20,22)/b18-8+. The summed E-state index contributed by atoms with van der Waals surface area (Å²) in [7, 11) is 0. The SMILES string of the molecule is S=C(N/N=C/c1ccc(Cl)cc1)Nc1ncc(C2CCC2)o1. The monoisotopic (exact) mass is 334 g/mol. The first-order valence-corrected chi connectivity index (χ1v) is 7.81. The summed E-state index contributed by atoms with van der Waals surface area (Å²) < 4.78 is 5.62. The van der Waals surface area contributed by atoms with Crippen LogP contribution in [-0.2, 0) is 0 Å². The molecule has 0 spiro atoms. The van der Waals surface area contributed by atoms with Crippen molar-refractivity contribution in [3.8, 4) is 0 Å². The minimum absolute atomic E-state index is 0.326. The molecule has 0 amide bonds. The molecule has 114 valence electrons. The van der Waals surface area contributed by atoms with Crippen LogP contribution in [0.1, 0.15) is 36.5 Å². The second-order valence-electron chi connectivity index (χ2n) is 5.07. The van der Waals surface area contributed by atoms with E-state index in [1.807, 2.05) is 12.1 Å². The lowest BCUT2D eigenvalue weighted by atomic mass is 9.84. The highest BCUT2D eigenvalue weighted by Crippen LogP contribution is 2.37. The second kappa shape index (κ2) is 6.89. The third-order valence-corrected chi connectivity index (χ3v) is 3.95. The number of oxazole rings is 1. The highest BCUT2D eigenvalue weighted by Gasteiger charge is 2.23. The van der Waals surface area contributed by atoms with Crippen LogP contribution < -0.4 is 10.7 Å². The fourth-order valence-electron chi connectivity index (χ4n) is 2.07. The van der Waals surface area contributed by atoms with Crippen LogP contribution in [0.15, 0.2) is 40.0 Å². The molecule has 1 aliphatic rings. The van der Waals surface area contributed by atoms with Crippen molar-refractivity contribution < 1.29 is 4.42 Å². The zero-order chi connectivity index (χ0) is 15.4. The number of thiocarbonyl (C=S) groups is 1. The van der Waals surface area contributed by atoms with Crippen molar-refractivity contribution in [2.24, 2.45) is 5.10 Å². The fourth-order valence-corrected chi connectivity index (χ4v) is 2.33. The van der Waals surface area contributed by atoms with Gasteiger partial charge in [-0.2, -0.15) is 5.10 Å². The Labute approximate surface area is 138 Å². The Morgan fingerprint density at radius 1 is 1.36 bits per heavy atom. The van der Waals surface area contributed by atoms with Crippen LogP contribution in [0.4, 0.5) is 6.01 Å². The smallest absolute Gasteiger partial charge is 0.301 e. The number of hydrazone groups is 1. The van der Waals surface area contributed by atoms with E-state index in [1.165, 1.54) is 19.3 Å². The van der Waals surface area contributed by atoms with Crippen molar-refractivity contribution in [3.63, 3.8) is 0 Å². The van der Waals surface area contributed by atoms with Gasteiger partial charge >= 0.3 is 6.01 Å². The highest BCUT2D eigenvalue weighted by atomic mass is 35.5. The number of benzene rings is 1. The van der Waals surface area contributed by atoms with Crippen LogP contribution in [-0.4, -0.2) is 16.3 Å². The number of aromatic nitrogens is 1. The molecular formula is C15H15ClN4OS. The molecule has 1 fully saturated rings. The van der Waals surface area contributed by atoms with Gasteiger partial charge in [0.05, 0.1) is 12.4 Å². The molecule has 5 nitrogen and oxygen atoms in total. The number of halogens is 1. The van der Waals surface area contributed by atoms with Gasteiger partial charge in [-0.1, -0.05) is 30.2 Å². The molecule has 0 aliphatic heterocycles. The Hall–Kier alpha value is -1.92. The molecule has 0 atom stereocenters. The molecule has 2 N–H and O–H groups in total. The van der Waals surface area contributed by atoms with Gasteiger partial charge in [0.1, 0.15) is 5.76 Å². The van der Waals surface area contributed by atoms with Crippen LogP contribution in [0.2, 0.25) is 5.02 Å². The lowest BCUT2D eigenvalue weighted by molar-refractivity contribution is 0.351. The van der Waals surface area contributed by atoms with Gasteiger partial charge in [-0.05, 0) is 42.8 Å². The summed E-state index contributed by atoms with van der Waals surface area (Å²) in [4.78, 5) is 4.16. The molecule has 0 bridgehead atoms. The zero-order valence-corrected chi connectivity index (χ0v) is 13.3. The summed E-state index contributed by atoms with van der Waals surface area (Å²) in [6.07, 6.45) is 7.00. The Bertz CT molecular complexity index is 679. The number of rotatable bonds is 4. The molecule has 1 aliphatic carbocycles. The van der Waals surface area contributed by atoms with E-state index >= 15 is 0 Å². The first-order chi connectivity index (χ1) is 10.7. The van der Waals surface area contributed by atoms with E-state index in [0.717, 1.165) is 11.3 Å². The first kappa shape index (κ1) is 15.0. The van der Waals surface area contributed by atoms with Crippen molar-refractivity contribution in [1.82, 2.24) is 10.4 Å². The molecule has 1 aromatic heterocycles. The van der Waals surface area contributed by atoms with E-state index in [-0.39, 0.29) is 0 Å². The van der Waals surface area contributed by atoms with Crippen LogP contribution in [0, 0.1) is 0 Å². The quantitative estimate of drug-likeness (QED) is 0.504. The topological polar surface area (TPSA) is 62.5 Å². The predicted octanol–water partition coefficient (Wildman–Crippen LogP) is 3.92. The normalized spacial score (nSPS) is 14.8. The Balaban J connectivity index is 1.49. The molecule has 1 heterocycles. The summed E-state index contributed by atoms with van der Waals surface area (Å²) in [5, 5.41) is 7.93. The average molecular weight is 335 g/mol. The molecule has 2 aromatic rings. The maximum Gasteiger partial charge on any atom is 0.301 e. The van der Waals surface area contributed by atoms with Crippen molar-refractivity contribution in [1.29, 1.82) is 0 Å². The van der Waals surface area contributed by atoms with Crippen molar-refractivity contribution in [2.45, 2.75) is 25.2 Å². The molecule has 0 saturated heterocycles. The largest absolute Gasteiger partial charge is 0.428 e. The summed E-state index contributed by atoms with van der Waals surface area (Å²) >= 11 is 10.9. The van der Waals surface area contributed by atoms with Gasteiger partial charge in [-0.3, -0.25) is 10.7 Å². The third-order valence-electron chi connectivity index (χ3n) is 3.50. The number of nitrogens with zero attached hydrogens (tertiary/aromatic N) is 2. The molecule has 1 aromatic carbocycles. The van der Waals surface area contributed by atoms with Gasteiger partial charge in [0.2, 0.25) is 0 Å². The number of hydrogen-bond donors (Lipinski definition) is 2. The van der Waals surface area contributed by atoms with E-state index in [2.05, 4.69) is 20.8 Å². The lowest BCUT2D eigenvalue weighted by Gasteiger charge is -2.22. The molecule has 1 saturated carbocycles. The third kappa shape index (κ3) is 3.84. The maximum absolute atomic E-state index is 5.82. The van der Waals surface area contributed by atoms with Crippen LogP contribution in [0.25, 0.3) is 0 Å². The van der Waals surface area contributed by atoms with Crippen molar-refractivity contribution >= 4 is 41.2 Å². The van der Waals surface area contributed by atoms with E-state index in [4.69, 9.17) is 28.2 Å². The van der Waals surface area contributed by atoms with Crippen molar-refractivity contribution in [2.75, 3.05) is 5.32 Å². The number of anilines is 1. The summed E-state index contributed by atoms with van der Waals surface area (Å²) in [5.41, 5.74) is 3.64. The highest BCUT2D eigenvalue weighted by molar-refractivity contribution is 7.80. The van der Waals surface area contributed by atoms with Gasteiger partial charge in [-0.25, -0.2) is 4.98 Å². The fraction of sp³-hybridized carbons (Fsp3) is 0.267. The molecule has 0 unspecified atom stereocenters. The average Bonchev–Trinajstić information content (AvgIpc) is 2.87. The summed E-state index contributed by atoms with van der Waals surface area (Å²) in [6, 6.07) is 7.72. The van der Waals surface area contributed by atoms with E-state index < -0.39 is 0 Å². The maximum atomic E-state index is 5.82. The van der Waals surface area contributed by atoms with E-state index in [9.17, 15) is 0 Å². The molecule has 0 radical (unpaired) electrons. The lowest BCUT2D eigenvalue weighted by Crippen LogP contribution is -2.24. The zero-order valence-electron chi connectivity index (χ0n) is 11.8. The molecule has 22 heavy (non-hydrogen) atoms. The minimum atomic E-state index is 0.326. The van der Waals surface area contributed by atoms with Gasteiger partial charge in [-0.15, -0.1) is 0 Å². The van der Waals surface area contributed by atoms with Crippen molar-refractivity contribution in [3.05, 3.63) is 46.8 Å². The number of hydrogen-bond acceptors (Lipinski definition) is 4. The van der Waals surface area contributed by atoms with Gasteiger partial charge in [0.25, 0.3) is 0 Å². The Morgan fingerprint density at radius 2 is 2.14 bits per heavy atom. The van der Waals surface area contributed by atoms with E-state index in [1.54, 1.807) is 24.5 Å². The molecule has 3 rings (SSSR count). The van der Waals surface area contributed by atoms with Gasteiger partial charge < -0.3 is 4.42 Å². The van der Waals surface area contributed by atoms with Crippen LogP contribution in [0.3, 0.4) is 0 Å². The number of nitrogens with one attached hydrogen (secondary N) is 2. The Kier molecular flexibility index (Phi) is 4.70. The van der Waals surface area contributed by atoms with Gasteiger partial charge in [0, 0.05) is 10.9 Å². The van der Waals surface area contributed by atoms with Crippen LogP contribution in [0.5, 0.6) is 0 Å². The van der Waals surface area contributed by atoms with Gasteiger partial charge in [0.15, 0.2) is 5.11 Å². The molecular weight excluding hydrogens is 320 g/mol. The first-order valence-electron chi connectivity index (χ1n) is 7.02. The predicted molar refractivity (Wildman–Crippen MR) is 91.5 cm³/mol. The minimum Gasteiger partial charge on any atom is -0.428 e. The summed E-state index contributed by atoms with van der Waals surface area (Å²) in [6.45, 7) is 0.